The lowest BCUT2D eigenvalue weighted by Crippen LogP contribution is -2.39. The van der Waals surface area contributed by atoms with E-state index < -0.39 is 0 Å². The fourth-order valence-corrected chi connectivity index (χ4v) is 2.24. The van der Waals surface area contributed by atoms with Crippen LogP contribution in [0.25, 0.3) is 0 Å². The van der Waals surface area contributed by atoms with Crippen molar-refractivity contribution < 1.29 is 0 Å². The Bertz CT molecular complexity index is 159. The Kier molecular flexibility index (Phi) is 13.3. The van der Waals surface area contributed by atoms with Crippen molar-refractivity contribution in [2.75, 3.05) is 6.54 Å². The molecule has 0 bridgehead atoms. The van der Waals surface area contributed by atoms with Crippen molar-refractivity contribution in [2.45, 2.75) is 97.4 Å². The number of hydrogen-bond donors (Lipinski definition) is 1. The molecule has 0 aliphatic rings. The van der Waals surface area contributed by atoms with E-state index in [9.17, 15) is 0 Å². The summed E-state index contributed by atoms with van der Waals surface area (Å²) in [4.78, 5) is 0. The van der Waals surface area contributed by atoms with E-state index >= 15 is 0 Å². The summed E-state index contributed by atoms with van der Waals surface area (Å²) in [6.45, 7) is 7.74. The third-order valence-corrected chi connectivity index (χ3v) is 3.93. The van der Waals surface area contributed by atoms with Crippen molar-refractivity contribution in [3.63, 3.8) is 0 Å². The molecule has 0 spiro atoms. The molecule has 0 amide bonds. The van der Waals surface area contributed by atoms with Gasteiger partial charge in [0.05, 0.1) is 0 Å². The maximum Gasteiger partial charge on any atom is 0.0210 e. The van der Waals surface area contributed by atoms with E-state index in [2.05, 4.69) is 20.8 Å². The largest absolute Gasteiger partial charge is 0.269 e. The Balaban J connectivity index is 3.11. The molecule has 1 unspecified atom stereocenters. The Labute approximate surface area is 115 Å². The summed E-state index contributed by atoms with van der Waals surface area (Å²) in [6.07, 6.45) is 15.1. The first kappa shape index (κ1) is 17.9. The van der Waals surface area contributed by atoms with E-state index in [-0.39, 0.29) is 0 Å². The van der Waals surface area contributed by atoms with Crippen LogP contribution in [-0.2, 0) is 0 Å². The first-order valence-electron chi connectivity index (χ1n) is 8.23. The number of rotatable bonds is 13. The third kappa shape index (κ3) is 11.0. The second-order valence-electron chi connectivity index (χ2n) is 5.68. The Hall–Kier alpha value is -0.0800. The fraction of sp³-hybridized carbons (Fsp3) is 1.00. The minimum absolute atomic E-state index is 0.531. The average molecular weight is 256 g/mol. The van der Waals surface area contributed by atoms with Crippen molar-refractivity contribution in [3.05, 3.63) is 0 Å². The van der Waals surface area contributed by atoms with Crippen molar-refractivity contribution in [2.24, 2.45) is 5.84 Å². The molecular formula is C16H36N2. The smallest absolute Gasteiger partial charge is 0.0210 e. The van der Waals surface area contributed by atoms with Crippen molar-refractivity contribution >= 4 is 0 Å². The predicted octanol–water partition coefficient (Wildman–Crippen LogP) is 4.88. The maximum absolute atomic E-state index is 5.97. The molecule has 0 fully saturated rings. The van der Waals surface area contributed by atoms with Gasteiger partial charge < -0.3 is 0 Å². The first-order chi connectivity index (χ1) is 8.72. The fourth-order valence-electron chi connectivity index (χ4n) is 2.24. The summed E-state index contributed by atoms with van der Waals surface area (Å²) in [6, 6.07) is 0.531. The summed E-state index contributed by atoms with van der Waals surface area (Å²) in [7, 11) is 0. The summed E-state index contributed by atoms with van der Waals surface area (Å²) >= 11 is 0. The monoisotopic (exact) mass is 256 g/mol. The Morgan fingerprint density at radius 2 is 1.22 bits per heavy atom. The van der Waals surface area contributed by atoms with Crippen LogP contribution in [-0.4, -0.2) is 17.6 Å². The zero-order valence-electron chi connectivity index (χ0n) is 13.1. The van der Waals surface area contributed by atoms with Gasteiger partial charge in [-0.1, -0.05) is 71.6 Å². The molecule has 0 aromatic heterocycles. The van der Waals surface area contributed by atoms with Crippen molar-refractivity contribution in [3.8, 4) is 0 Å². The van der Waals surface area contributed by atoms with Gasteiger partial charge in [0.15, 0.2) is 0 Å². The highest BCUT2D eigenvalue weighted by atomic mass is 15.4. The molecule has 0 aromatic rings. The maximum atomic E-state index is 5.97. The van der Waals surface area contributed by atoms with E-state index in [4.69, 9.17) is 5.84 Å². The van der Waals surface area contributed by atoms with Crippen LogP contribution in [0.15, 0.2) is 0 Å². The molecule has 2 nitrogen and oxygen atoms in total. The number of hydrogen-bond acceptors (Lipinski definition) is 2. The van der Waals surface area contributed by atoms with E-state index in [1.54, 1.807) is 0 Å². The lowest BCUT2D eigenvalue weighted by atomic mass is 10.1. The van der Waals surface area contributed by atoms with E-state index in [1.807, 2.05) is 5.01 Å². The molecule has 2 heteroatoms. The summed E-state index contributed by atoms with van der Waals surface area (Å²) < 4.78 is 0. The topological polar surface area (TPSA) is 29.3 Å². The third-order valence-electron chi connectivity index (χ3n) is 3.93. The van der Waals surface area contributed by atoms with Crippen LogP contribution in [0.1, 0.15) is 91.4 Å². The highest BCUT2D eigenvalue weighted by Crippen LogP contribution is 2.10. The highest BCUT2D eigenvalue weighted by Gasteiger charge is 2.05. The van der Waals surface area contributed by atoms with Crippen LogP contribution in [0, 0.1) is 0 Å². The number of hydrazine groups is 1. The molecule has 1 atom stereocenters. The lowest BCUT2D eigenvalue weighted by Gasteiger charge is -2.22. The number of unbranched alkanes of at least 4 members (excludes halogenated alkanes) is 9. The molecule has 0 saturated carbocycles. The van der Waals surface area contributed by atoms with Crippen molar-refractivity contribution in [1.82, 2.24) is 5.01 Å². The quantitative estimate of drug-likeness (QED) is 0.289. The molecule has 0 aromatic carbocycles. The van der Waals surface area contributed by atoms with Gasteiger partial charge in [0.1, 0.15) is 0 Å². The second-order valence-corrected chi connectivity index (χ2v) is 5.68. The average Bonchev–Trinajstić information content (AvgIpc) is 2.39. The second kappa shape index (κ2) is 13.4. The van der Waals surface area contributed by atoms with Gasteiger partial charge in [-0.15, -0.1) is 0 Å². The van der Waals surface area contributed by atoms with Crippen LogP contribution >= 0.6 is 0 Å². The standard InChI is InChI=1S/C16H36N2/c1-4-6-7-8-9-10-11-12-13-14-15-18(17)16(3)5-2/h16H,4-15,17H2,1-3H3. The molecule has 0 aliphatic heterocycles. The van der Waals surface area contributed by atoms with Crippen LogP contribution in [0.5, 0.6) is 0 Å². The molecule has 0 heterocycles. The summed E-state index contributed by atoms with van der Waals surface area (Å²) in [5, 5.41) is 2.00. The van der Waals surface area contributed by atoms with Crippen LogP contribution in [0.4, 0.5) is 0 Å². The van der Waals surface area contributed by atoms with Gasteiger partial charge in [-0.05, 0) is 19.8 Å². The van der Waals surface area contributed by atoms with Crippen LogP contribution in [0.2, 0.25) is 0 Å². The van der Waals surface area contributed by atoms with Gasteiger partial charge in [0.2, 0.25) is 0 Å². The van der Waals surface area contributed by atoms with Gasteiger partial charge in [0.25, 0.3) is 0 Å². The molecule has 2 N–H and O–H groups in total. The Morgan fingerprint density at radius 1 is 0.778 bits per heavy atom. The molecule has 18 heavy (non-hydrogen) atoms. The lowest BCUT2D eigenvalue weighted by molar-refractivity contribution is 0.204. The van der Waals surface area contributed by atoms with Gasteiger partial charge in [-0.3, -0.25) is 5.84 Å². The zero-order chi connectivity index (χ0) is 13.6. The SMILES string of the molecule is CCCCCCCCCCCCN(N)C(C)CC. The molecule has 110 valence electrons. The van der Waals surface area contributed by atoms with E-state index in [0.29, 0.717) is 6.04 Å². The van der Waals surface area contributed by atoms with Gasteiger partial charge in [-0.2, -0.15) is 0 Å². The normalized spacial score (nSPS) is 13.2. The van der Waals surface area contributed by atoms with E-state index in [1.165, 1.54) is 64.2 Å². The number of nitrogens with two attached hydrogens (primary N) is 1. The molecule has 0 rings (SSSR count). The van der Waals surface area contributed by atoms with Gasteiger partial charge in [-0.25, -0.2) is 5.01 Å². The first-order valence-corrected chi connectivity index (χ1v) is 8.23. The highest BCUT2D eigenvalue weighted by molar-refractivity contribution is 4.58. The molecular weight excluding hydrogens is 220 g/mol. The number of nitrogens with zero attached hydrogens (tertiary/aromatic N) is 1. The molecule has 0 aliphatic carbocycles. The van der Waals surface area contributed by atoms with Gasteiger partial charge in [0, 0.05) is 12.6 Å². The van der Waals surface area contributed by atoms with E-state index in [0.717, 1.165) is 13.0 Å². The van der Waals surface area contributed by atoms with Crippen LogP contribution < -0.4 is 5.84 Å². The minimum atomic E-state index is 0.531. The molecule has 0 saturated heterocycles. The zero-order valence-corrected chi connectivity index (χ0v) is 13.1. The summed E-state index contributed by atoms with van der Waals surface area (Å²) in [5.41, 5.74) is 0. The van der Waals surface area contributed by atoms with Gasteiger partial charge >= 0.3 is 0 Å². The van der Waals surface area contributed by atoms with Crippen molar-refractivity contribution in [1.29, 1.82) is 0 Å². The van der Waals surface area contributed by atoms with Crippen LogP contribution in [0.3, 0.4) is 0 Å². The predicted molar refractivity (Wildman–Crippen MR) is 82.5 cm³/mol. The minimum Gasteiger partial charge on any atom is -0.269 e. The Morgan fingerprint density at radius 3 is 1.67 bits per heavy atom. The molecule has 0 radical (unpaired) electrons. The summed E-state index contributed by atoms with van der Waals surface area (Å²) in [5.74, 6) is 5.97.